The molecule has 18 heavy (non-hydrogen) atoms. The van der Waals surface area contributed by atoms with Crippen molar-refractivity contribution in [1.29, 1.82) is 5.26 Å². The van der Waals surface area contributed by atoms with Gasteiger partial charge in [0.15, 0.2) is 0 Å². The maximum atomic E-state index is 10.9. The van der Waals surface area contributed by atoms with Gasteiger partial charge in [0.25, 0.3) is 0 Å². The molecule has 0 spiro atoms. The average molecular weight is 246 g/mol. The van der Waals surface area contributed by atoms with Crippen molar-refractivity contribution in [3.8, 4) is 11.8 Å². The fraction of sp³-hybridized carbons (Fsp3) is 0.385. The predicted molar refractivity (Wildman–Crippen MR) is 65.9 cm³/mol. The molecule has 1 aliphatic heterocycles. The highest BCUT2D eigenvalue weighted by Crippen LogP contribution is 2.36. The number of carboxylic acid groups (broad SMARTS) is 1. The van der Waals surface area contributed by atoms with E-state index in [1.807, 2.05) is 18.9 Å². The molecule has 0 aromatic heterocycles. The van der Waals surface area contributed by atoms with Gasteiger partial charge >= 0.3 is 5.97 Å². The van der Waals surface area contributed by atoms with E-state index in [0.717, 1.165) is 5.69 Å². The summed E-state index contributed by atoms with van der Waals surface area (Å²) in [5, 5.41) is 17.7. The summed E-state index contributed by atoms with van der Waals surface area (Å²) in [7, 11) is 1.88. The number of nitrogens with zero attached hydrogens (tertiary/aromatic N) is 2. The summed E-state index contributed by atoms with van der Waals surface area (Å²) in [6.45, 7) is 1.96. The Labute approximate surface area is 105 Å². The molecule has 1 aliphatic rings. The van der Waals surface area contributed by atoms with E-state index in [1.54, 1.807) is 12.1 Å². The van der Waals surface area contributed by atoms with E-state index in [9.17, 15) is 4.79 Å². The Morgan fingerprint density at radius 3 is 2.94 bits per heavy atom. The van der Waals surface area contributed by atoms with E-state index >= 15 is 0 Å². The largest absolute Gasteiger partial charge is 0.485 e. The first-order chi connectivity index (χ1) is 8.54. The van der Waals surface area contributed by atoms with Crippen LogP contribution in [0.1, 0.15) is 23.7 Å². The summed E-state index contributed by atoms with van der Waals surface area (Å²) in [5.41, 5.74) is 0.978. The van der Waals surface area contributed by atoms with Crippen molar-refractivity contribution in [1.82, 2.24) is 0 Å². The molecule has 0 saturated heterocycles. The molecule has 1 N–H and O–H groups in total. The Bertz CT molecular complexity index is 521. The van der Waals surface area contributed by atoms with Crippen LogP contribution in [0.3, 0.4) is 0 Å². The number of rotatable bonds is 2. The van der Waals surface area contributed by atoms with E-state index in [4.69, 9.17) is 15.1 Å². The van der Waals surface area contributed by atoms with Crippen molar-refractivity contribution in [3.05, 3.63) is 23.8 Å². The third-order valence-electron chi connectivity index (χ3n) is 3.31. The Balaban J connectivity index is 2.39. The molecule has 0 saturated carbocycles. The van der Waals surface area contributed by atoms with Crippen LogP contribution in [-0.2, 0) is 0 Å². The molecule has 1 aromatic rings. The molecule has 1 heterocycles. The zero-order valence-corrected chi connectivity index (χ0v) is 10.3. The van der Waals surface area contributed by atoms with Gasteiger partial charge in [0, 0.05) is 7.05 Å². The molecule has 2 atom stereocenters. The first-order valence-corrected chi connectivity index (χ1v) is 5.68. The van der Waals surface area contributed by atoms with Gasteiger partial charge in [0.2, 0.25) is 0 Å². The maximum absolute atomic E-state index is 10.9. The minimum Gasteiger partial charge on any atom is -0.485 e. The molecule has 0 aliphatic carbocycles. The lowest BCUT2D eigenvalue weighted by atomic mass is 10.0. The van der Waals surface area contributed by atoms with Gasteiger partial charge in [-0.2, -0.15) is 5.26 Å². The van der Waals surface area contributed by atoms with E-state index in [2.05, 4.69) is 6.07 Å². The monoisotopic (exact) mass is 246 g/mol. The number of ether oxygens (including phenoxy) is 1. The number of hydrogen-bond donors (Lipinski definition) is 1. The van der Waals surface area contributed by atoms with Gasteiger partial charge < -0.3 is 14.7 Å². The fourth-order valence-electron chi connectivity index (χ4n) is 2.06. The highest BCUT2D eigenvalue weighted by Gasteiger charge is 2.30. The number of anilines is 1. The molecule has 94 valence electrons. The van der Waals surface area contributed by atoms with E-state index in [-0.39, 0.29) is 17.7 Å². The molecule has 0 amide bonds. The van der Waals surface area contributed by atoms with E-state index in [0.29, 0.717) is 12.2 Å². The quantitative estimate of drug-likeness (QED) is 0.862. The molecule has 5 nitrogen and oxygen atoms in total. The molecular formula is C13H14N2O3. The number of likely N-dealkylation sites (N-methyl/N-ethyl adjacent to an activating group) is 1. The van der Waals surface area contributed by atoms with Crippen LogP contribution in [0.4, 0.5) is 5.69 Å². The smallest absolute Gasteiger partial charge is 0.335 e. The summed E-state index contributed by atoms with van der Waals surface area (Å²) in [5.74, 6) is -0.334. The number of carboxylic acids is 1. The molecular weight excluding hydrogens is 232 g/mol. The zero-order valence-electron chi connectivity index (χ0n) is 10.3. The molecule has 2 unspecified atom stereocenters. The van der Waals surface area contributed by atoms with Gasteiger partial charge in [0.1, 0.15) is 11.9 Å². The lowest BCUT2D eigenvalue weighted by molar-refractivity contribution is 0.0696. The van der Waals surface area contributed by atoms with Crippen LogP contribution in [0.15, 0.2) is 18.2 Å². The zero-order chi connectivity index (χ0) is 13.3. The third kappa shape index (κ3) is 1.97. The number of nitriles is 1. The fourth-order valence-corrected chi connectivity index (χ4v) is 2.06. The van der Waals surface area contributed by atoms with Gasteiger partial charge in [-0.15, -0.1) is 0 Å². The molecule has 5 heteroatoms. The van der Waals surface area contributed by atoms with Crippen molar-refractivity contribution < 1.29 is 14.6 Å². The van der Waals surface area contributed by atoms with Crippen LogP contribution >= 0.6 is 0 Å². The predicted octanol–water partition coefficient (Wildman–Crippen LogP) is 1.88. The highest BCUT2D eigenvalue weighted by atomic mass is 16.5. The van der Waals surface area contributed by atoms with Crippen LogP contribution < -0.4 is 9.64 Å². The standard InChI is InChI=1S/C13H14N2O3/c1-8-11(5-6-14)18-12-4-3-9(13(16)17)7-10(12)15(8)2/h3-4,7-8,11H,5H2,1-2H3,(H,16,17). The maximum Gasteiger partial charge on any atom is 0.335 e. The molecule has 0 radical (unpaired) electrons. The van der Waals surface area contributed by atoms with Crippen molar-refractivity contribution in [2.24, 2.45) is 0 Å². The van der Waals surface area contributed by atoms with Gasteiger partial charge in [-0.3, -0.25) is 0 Å². The number of fused-ring (bicyclic) bond motifs is 1. The molecule has 0 bridgehead atoms. The van der Waals surface area contributed by atoms with Crippen LogP contribution in [0.5, 0.6) is 5.75 Å². The first kappa shape index (κ1) is 12.2. The average Bonchev–Trinajstić information content (AvgIpc) is 2.35. The van der Waals surface area contributed by atoms with Gasteiger partial charge in [-0.05, 0) is 25.1 Å². The summed E-state index contributed by atoms with van der Waals surface area (Å²) in [4.78, 5) is 12.9. The minimum atomic E-state index is -0.960. The third-order valence-corrected chi connectivity index (χ3v) is 3.31. The molecule has 2 rings (SSSR count). The van der Waals surface area contributed by atoms with Gasteiger partial charge in [-0.25, -0.2) is 4.79 Å². The normalized spacial score (nSPS) is 21.7. The second kappa shape index (κ2) is 4.57. The van der Waals surface area contributed by atoms with Gasteiger partial charge in [-0.1, -0.05) is 0 Å². The lowest BCUT2D eigenvalue weighted by Gasteiger charge is -2.39. The number of benzene rings is 1. The van der Waals surface area contributed by atoms with Crippen LogP contribution in [0, 0.1) is 11.3 Å². The Kier molecular flexibility index (Phi) is 3.11. The highest BCUT2D eigenvalue weighted by molar-refractivity contribution is 5.89. The van der Waals surface area contributed by atoms with Crippen LogP contribution in [-0.4, -0.2) is 30.3 Å². The Morgan fingerprint density at radius 2 is 2.33 bits per heavy atom. The topological polar surface area (TPSA) is 73.6 Å². The molecule has 1 aromatic carbocycles. The van der Waals surface area contributed by atoms with Crippen molar-refractivity contribution in [2.45, 2.75) is 25.5 Å². The summed E-state index contributed by atoms with van der Waals surface area (Å²) < 4.78 is 5.73. The first-order valence-electron chi connectivity index (χ1n) is 5.68. The summed E-state index contributed by atoms with van der Waals surface area (Å²) in [6, 6.07) is 6.88. The SMILES string of the molecule is CC1C(CC#N)Oc2ccc(C(=O)O)cc2N1C. The summed E-state index contributed by atoms with van der Waals surface area (Å²) in [6.07, 6.45) is 0.120. The number of carbonyl (C=O) groups is 1. The molecule has 0 fully saturated rings. The minimum absolute atomic E-state index is 0.0289. The lowest BCUT2D eigenvalue weighted by Crippen LogP contribution is -2.45. The second-order valence-electron chi connectivity index (χ2n) is 4.36. The van der Waals surface area contributed by atoms with Crippen molar-refractivity contribution >= 4 is 11.7 Å². The van der Waals surface area contributed by atoms with Crippen molar-refractivity contribution in [2.75, 3.05) is 11.9 Å². The number of aromatic carboxylic acids is 1. The second-order valence-corrected chi connectivity index (χ2v) is 4.36. The van der Waals surface area contributed by atoms with E-state index < -0.39 is 5.97 Å². The Morgan fingerprint density at radius 1 is 1.61 bits per heavy atom. The summed E-state index contributed by atoms with van der Waals surface area (Å²) >= 11 is 0. The number of hydrogen-bond acceptors (Lipinski definition) is 4. The van der Waals surface area contributed by atoms with E-state index in [1.165, 1.54) is 6.07 Å². The van der Waals surface area contributed by atoms with Crippen LogP contribution in [0.2, 0.25) is 0 Å². The van der Waals surface area contributed by atoms with Crippen LogP contribution in [0.25, 0.3) is 0 Å². The van der Waals surface area contributed by atoms with Crippen molar-refractivity contribution in [3.63, 3.8) is 0 Å². The van der Waals surface area contributed by atoms with Gasteiger partial charge in [0.05, 0.1) is 29.8 Å². The Hall–Kier alpha value is -2.22.